The van der Waals surface area contributed by atoms with Gasteiger partial charge in [-0.3, -0.25) is 10.2 Å². The van der Waals surface area contributed by atoms with E-state index in [2.05, 4.69) is 23.6 Å². The van der Waals surface area contributed by atoms with Gasteiger partial charge >= 0.3 is 0 Å². The summed E-state index contributed by atoms with van der Waals surface area (Å²) in [5.74, 6) is -0.158. The molecule has 18 heavy (non-hydrogen) atoms. The van der Waals surface area contributed by atoms with Gasteiger partial charge in [-0.25, -0.2) is 5.01 Å². The molecule has 0 aliphatic rings. The Balaban J connectivity index is 2.38. The van der Waals surface area contributed by atoms with Gasteiger partial charge in [0.15, 0.2) is 0 Å². The minimum Gasteiger partial charge on any atom is -0.289 e. The van der Waals surface area contributed by atoms with Crippen molar-refractivity contribution in [3.63, 3.8) is 0 Å². The fraction of sp³-hybridized carbons (Fsp3) is 0.267. The molecule has 1 atom stereocenters. The molecule has 0 aliphatic heterocycles. The Kier molecular flexibility index (Phi) is 3.63. The molecule has 0 fully saturated rings. The Morgan fingerprint density at radius 3 is 2.50 bits per heavy atom. The first-order valence-corrected chi connectivity index (χ1v) is 6.05. The zero-order valence-corrected chi connectivity index (χ0v) is 11.0. The predicted octanol–water partition coefficient (Wildman–Crippen LogP) is 2.54. The van der Waals surface area contributed by atoms with Gasteiger partial charge in [-0.2, -0.15) is 0 Å². The minimum absolute atomic E-state index is 0.0105. The first kappa shape index (κ1) is 12.6. The first-order chi connectivity index (χ1) is 8.59. The van der Waals surface area contributed by atoms with E-state index in [-0.39, 0.29) is 11.8 Å². The molecule has 1 amide bonds. The number of hydrogen-bond acceptors (Lipinski definition) is 2. The van der Waals surface area contributed by atoms with Crippen molar-refractivity contribution in [2.24, 2.45) is 0 Å². The van der Waals surface area contributed by atoms with Crippen molar-refractivity contribution in [2.75, 3.05) is 14.1 Å². The van der Waals surface area contributed by atoms with Gasteiger partial charge in [0.1, 0.15) is 0 Å². The lowest BCUT2D eigenvalue weighted by atomic mass is 9.94. The number of carbonyl (C=O) groups is 1. The fourth-order valence-electron chi connectivity index (χ4n) is 2.09. The van der Waals surface area contributed by atoms with Gasteiger partial charge in [0.05, 0.1) is 5.92 Å². The third kappa shape index (κ3) is 2.51. The van der Waals surface area contributed by atoms with Crippen molar-refractivity contribution in [3.05, 3.63) is 48.0 Å². The van der Waals surface area contributed by atoms with Crippen LogP contribution in [0.15, 0.2) is 42.5 Å². The molecule has 2 aromatic rings. The summed E-state index contributed by atoms with van der Waals surface area (Å²) in [7, 11) is 3.63. The summed E-state index contributed by atoms with van der Waals surface area (Å²) in [5, 5.41) is 3.98. The molecule has 2 rings (SSSR count). The van der Waals surface area contributed by atoms with Crippen LogP contribution in [0, 0.1) is 0 Å². The Hall–Kier alpha value is -1.87. The van der Waals surface area contributed by atoms with Crippen LogP contribution >= 0.6 is 0 Å². The molecule has 0 aliphatic carbocycles. The number of fused-ring (bicyclic) bond motifs is 1. The average molecular weight is 242 g/mol. The van der Waals surface area contributed by atoms with Gasteiger partial charge < -0.3 is 0 Å². The van der Waals surface area contributed by atoms with E-state index in [0.717, 1.165) is 10.9 Å². The smallest absolute Gasteiger partial charge is 0.241 e. The van der Waals surface area contributed by atoms with Gasteiger partial charge in [0, 0.05) is 14.1 Å². The van der Waals surface area contributed by atoms with E-state index in [1.165, 1.54) is 5.39 Å². The highest BCUT2D eigenvalue weighted by Crippen LogP contribution is 2.25. The Morgan fingerprint density at radius 1 is 1.11 bits per heavy atom. The fourth-order valence-corrected chi connectivity index (χ4v) is 2.09. The van der Waals surface area contributed by atoms with Gasteiger partial charge in [-0.1, -0.05) is 42.5 Å². The highest BCUT2D eigenvalue weighted by Gasteiger charge is 2.17. The van der Waals surface area contributed by atoms with Crippen LogP contribution in [0.4, 0.5) is 0 Å². The highest BCUT2D eigenvalue weighted by molar-refractivity contribution is 5.92. The summed E-state index contributed by atoms with van der Waals surface area (Å²) in [6.07, 6.45) is 0. The highest BCUT2D eigenvalue weighted by atomic mass is 16.2. The van der Waals surface area contributed by atoms with Crippen LogP contribution in [0.3, 0.4) is 0 Å². The second kappa shape index (κ2) is 5.19. The third-order valence-corrected chi connectivity index (χ3v) is 3.02. The van der Waals surface area contributed by atoms with Crippen LogP contribution in [0.2, 0.25) is 0 Å². The SMILES string of the molecule is CC(C(=O)NN(C)C)c1cccc2ccccc12. The molecule has 1 N–H and O–H groups in total. The molecule has 0 spiro atoms. The number of carbonyl (C=O) groups excluding carboxylic acids is 1. The molecule has 1 unspecified atom stereocenters. The lowest BCUT2D eigenvalue weighted by Gasteiger charge is -2.18. The maximum absolute atomic E-state index is 12.0. The standard InChI is InChI=1S/C15H18N2O/c1-11(15(18)16-17(2)3)13-10-6-8-12-7-4-5-9-14(12)13/h4-11H,1-3H3,(H,16,18). The molecule has 94 valence electrons. The second-order valence-corrected chi connectivity index (χ2v) is 4.66. The molecular formula is C15H18N2O. The normalized spacial score (nSPS) is 12.7. The first-order valence-electron chi connectivity index (χ1n) is 6.05. The van der Waals surface area contributed by atoms with E-state index >= 15 is 0 Å². The van der Waals surface area contributed by atoms with E-state index in [0.29, 0.717) is 0 Å². The van der Waals surface area contributed by atoms with E-state index in [1.807, 2.05) is 45.3 Å². The summed E-state index contributed by atoms with van der Waals surface area (Å²) in [5.41, 5.74) is 3.86. The van der Waals surface area contributed by atoms with Crippen LogP contribution in [0.1, 0.15) is 18.4 Å². The number of amides is 1. The lowest BCUT2D eigenvalue weighted by molar-refractivity contribution is -0.125. The van der Waals surface area contributed by atoms with Crippen molar-refractivity contribution in [1.29, 1.82) is 0 Å². The molecule has 0 radical (unpaired) electrons. The number of hydrogen-bond donors (Lipinski definition) is 1. The lowest BCUT2D eigenvalue weighted by Crippen LogP contribution is -2.38. The van der Waals surface area contributed by atoms with Gasteiger partial charge in [0.25, 0.3) is 0 Å². The maximum atomic E-state index is 12.0. The number of benzene rings is 2. The summed E-state index contributed by atoms with van der Waals surface area (Å²) < 4.78 is 0. The Morgan fingerprint density at radius 2 is 1.78 bits per heavy atom. The van der Waals surface area contributed by atoms with Crippen molar-refractivity contribution < 1.29 is 4.79 Å². The second-order valence-electron chi connectivity index (χ2n) is 4.66. The van der Waals surface area contributed by atoms with Gasteiger partial charge in [0.2, 0.25) is 5.91 Å². The van der Waals surface area contributed by atoms with Crippen molar-refractivity contribution in [2.45, 2.75) is 12.8 Å². The predicted molar refractivity (Wildman–Crippen MR) is 74.2 cm³/mol. The summed E-state index contributed by atoms with van der Waals surface area (Å²) in [4.78, 5) is 12.0. The average Bonchev–Trinajstić information content (AvgIpc) is 2.36. The van der Waals surface area contributed by atoms with Crippen molar-refractivity contribution in [3.8, 4) is 0 Å². The molecule has 0 saturated carbocycles. The Labute approximate surface area is 107 Å². The molecular weight excluding hydrogens is 224 g/mol. The van der Waals surface area contributed by atoms with Crippen LogP contribution in [0.25, 0.3) is 10.8 Å². The Bertz CT molecular complexity index is 558. The number of nitrogens with one attached hydrogen (secondary N) is 1. The molecule has 0 aromatic heterocycles. The van der Waals surface area contributed by atoms with Crippen LogP contribution in [0.5, 0.6) is 0 Å². The zero-order chi connectivity index (χ0) is 13.1. The molecule has 3 nitrogen and oxygen atoms in total. The number of nitrogens with zero attached hydrogens (tertiary/aromatic N) is 1. The molecule has 2 aromatic carbocycles. The van der Waals surface area contributed by atoms with Crippen LogP contribution in [-0.4, -0.2) is 25.0 Å². The van der Waals surface area contributed by atoms with E-state index < -0.39 is 0 Å². The molecule has 0 bridgehead atoms. The van der Waals surface area contributed by atoms with E-state index in [1.54, 1.807) is 5.01 Å². The van der Waals surface area contributed by atoms with Crippen LogP contribution in [-0.2, 0) is 4.79 Å². The van der Waals surface area contributed by atoms with Crippen LogP contribution < -0.4 is 5.43 Å². The van der Waals surface area contributed by atoms with Crippen molar-refractivity contribution >= 4 is 16.7 Å². The zero-order valence-electron chi connectivity index (χ0n) is 11.0. The van der Waals surface area contributed by atoms with Crippen molar-refractivity contribution in [1.82, 2.24) is 10.4 Å². The third-order valence-electron chi connectivity index (χ3n) is 3.02. The number of hydrazine groups is 1. The number of rotatable bonds is 3. The van der Waals surface area contributed by atoms with E-state index in [9.17, 15) is 4.79 Å². The quantitative estimate of drug-likeness (QED) is 0.839. The summed E-state index contributed by atoms with van der Waals surface area (Å²) in [6, 6.07) is 14.2. The van der Waals surface area contributed by atoms with Gasteiger partial charge in [-0.05, 0) is 23.3 Å². The topological polar surface area (TPSA) is 32.3 Å². The summed E-state index contributed by atoms with van der Waals surface area (Å²) in [6.45, 7) is 1.93. The monoisotopic (exact) mass is 242 g/mol. The minimum atomic E-state index is -0.168. The van der Waals surface area contributed by atoms with E-state index in [4.69, 9.17) is 0 Å². The molecule has 0 heterocycles. The molecule has 3 heteroatoms. The summed E-state index contributed by atoms with van der Waals surface area (Å²) >= 11 is 0. The van der Waals surface area contributed by atoms with Gasteiger partial charge in [-0.15, -0.1) is 0 Å². The maximum Gasteiger partial charge on any atom is 0.241 e. The largest absolute Gasteiger partial charge is 0.289 e. The molecule has 0 saturated heterocycles.